The van der Waals surface area contributed by atoms with Crippen LogP contribution in [0.1, 0.15) is 35.7 Å². The third kappa shape index (κ3) is 3.12. The average molecular weight is 312 g/mol. The molecular weight excluding hydrogens is 294 g/mol. The van der Waals surface area contributed by atoms with Crippen molar-refractivity contribution >= 4 is 21.8 Å². The fourth-order valence-corrected chi connectivity index (χ4v) is 2.33. The molecule has 0 saturated carbocycles. The lowest BCUT2D eigenvalue weighted by Gasteiger charge is -2.34. The third-order valence-electron chi connectivity index (χ3n) is 3.43. The van der Waals surface area contributed by atoms with Crippen LogP contribution >= 0.6 is 15.9 Å². The average Bonchev–Trinajstić information content (AvgIpc) is 2.33. The molecule has 2 rings (SSSR count). The molecule has 1 aliphatic rings. The van der Waals surface area contributed by atoms with Gasteiger partial charge in [-0.25, -0.2) is 0 Å². The minimum atomic E-state index is -0.143. The number of halogens is 1. The van der Waals surface area contributed by atoms with E-state index in [4.69, 9.17) is 4.74 Å². The summed E-state index contributed by atoms with van der Waals surface area (Å²) in [6.45, 7) is 5.50. The van der Waals surface area contributed by atoms with Gasteiger partial charge in [-0.15, -0.1) is 0 Å². The van der Waals surface area contributed by atoms with Gasteiger partial charge in [0.05, 0.1) is 0 Å². The first kappa shape index (κ1) is 13.6. The number of aryl methyl sites for hydroxylation is 1. The van der Waals surface area contributed by atoms with Crippen LogP contribution in [0.15, 0.2) is 22.7 Å². The van der Waals surface area contributed by atoms with E-state index in [1.165, 1.54) is 0 Å². The SMILES string of the molecule is Cc1cc(C(=O)NC2(C)CCOCC2)ccc1Br. The number of ether oxygens (including phenoxy) is 1. The van der Waals surface area contributed by atoms with Crippen molar-refractivity contribution in [3.63, 3.8) is 0 Å². The van der Waals surface area contributed by atoms with Crippen LogP contribution in [0.4, 0.5) is 0 Å². The van der Waals surface area contributed by atoms with E-state index in [2.05, 4.69) is 28.2 Å². The second-order valence-electron chi connectivity index (χ2n) is 5.09. The first-order valence-electron chi connectivity index (χ1n) is 6.17. The third-order valence-corrected chi connectivity index (χ3v) is 4.32. The van der Waals surface area contributed by atoms with Gasteiger partial charge in [0.25, 0.3) is 5.91 Å². The van der Waals surface area contributed by atoms with E-state index >= 15 is 0 Å². The first-order valence-corrected chi connectivity index (χ1v) is 6.96. The van der Waals surface area contributed by atoms with E-state index in [1.807, 2.05) is 25.1 Å². The number of carbonyl (C=O) groups is 1. The molecule has 0 radical (unpaired) electrons. The quantitative estimate of drug-likeness (QED) is 0.911. The largest absolute Gasteiger partial charge is 0.381 e. The number of nitrogens with one attached hydrogen (secondary N) is 1. The van der Waals surface area contributed by atoms with E-state index < -0.39 is 0 Å². The van der Waals surface area contributed by atoms with Gasteiger partial charge in [0.1, 0.15) is 0 Å². The summed E-state index contributed by atoms with van der Waals surface area (Å²) in [7, 11) is 0. The normalized spacial score (nSPS) is 18.4. The molecule has 0 bridgehead atoms. The highest BCUT2D eigenvalue weighted by atomic mass is 79.9. The highest BCUT2D eigenvalue weighted by molar-refractivity contribution is 9.10. The zero-order valence-corrected chi connectivity index (χ0v) is 12.3. The topological polar surface area (TPSA) is 38.3 Å². The molecule has 1 amide bonds. The molecule has 1 aromatic carbocycles. The van der Waals surface area contributed by atoms with Gasteiger partial charge in [-0.05, 0) is 50.5 Å². The molecule has 0 atom stereocenters. The Hall–Kier alpha value is -0.870. The fourth-order valence-electron chi connectivity index (χ4n) is 2.08. The Labute approximate surface area is 116 Å². The van der Waals surface area contributed by atoms with Crippen molar-refractivity contribution in [1.82, 2.24) is 5.32 Å². The maximum atomic E-state index is 12.2. The van der Waals surface area contributed by atoms with E-state index in [9.17, 15) is 4.79 Å². The summed E-state index contributed by atoms with van der Waals surface area (Å²) in [5.41, 5.74) is 1.64. The van der Waals surface area contributed by atoms with Crippen LogP contribution in [0.5, 0.6) is 0 Å². The van der Waals surface area contributed by atoms with Crippen LogP contribution in [0.25, 0.3) is 0 Å². The highest BCUT2D eigenvalue weighted by Gasteiger charge is 2.29. The first-order chi connectivity index (χ1) is 8.50. The molecule has 3 nitrogen and oxygen atoms in total. The molecule has 0 spiro atoms. The monoisotopic (exact) mass is 311 g/mol. The Morgan fingerprint density at radius 1 is 1.39 bits per heavy atom. The Morgan fingerprint density at radius 3 is 2.67 bits per heavy atom. The van der Waals surface area contributed by atoms with Gasteiger partial charge in [0.2, 0.25) is 0 Å². The molecule has 1 saturated heterocycles. The Balaban J connectivity index is 2.09. The fraction of sp³-hybridized carbons (Fsp3) is 0.500. The molecule has 0 aliphatic carbocycles. The van der Waals surface area contributed by atoms with Crippen LogP contribution in [-0.4, -0.2) is 24.7 Å². The summed E-state index contributed by atoms with van der Waals surface area (Å²) in [5, 5.41) is 3.12. The Morgan fingerprint density at radius 2 is 2.06 bits per heavy atom. The summed E-state index contributed by atoms with van der Waals surface area (Å²) in [5.74, 6) is -0.00463. The van der Waals surface area contributed by atoms with Crippen molar-refractivity contribution in [3.05, 3.63) is 33.8 Å². The predicted molar refractivity (Wildman–Crippen MR) is 74.8 cm³/mol. The number of carbonyl (C=O) groups excluding carboxylic acids is 1. The lowest BCUT2D eigenvalue weighted by atomic mass is 9.92. The summed E-state index contributed by atoms with van der Waals surface area (Å²) in [6.07, 6.45) is 1.74. The van der Waals surface area contributed by atoms with E-state index in [0.717, 1.165) is 36.1 Å². The number of hydrogen-bond donors (Lipinski definition) is 1. The molecule has 1 aromatic rings. The Bertz CT molecular complexity index is 453. The zero-order chi connectivity index (χ0) is 13.2. The van der Waals surface area contributed by atoms with Crippen molar-refractivity contribution in [2.45, 2.75) is 32.2 Å². The minimum Gasteiger partial charge on any atom is -0.381 e. The van der Waals surface area contributed by atoms with E-state index in [-0.39, 0.29) is 11.4 Å². The molecule has 18 heavy (non-hydrogen) atoms. The summed E-state index contributed by atoms with van der Waals surface area (Å²) < 4.78 is 6.35. The Kier molecular flexibility index (Phi) is 4.07. The van der Waals surface area contributed by atoms with Gasteiger partial charge < -0.3 is 10.1 Å². The second-order valence-corrected chi connectivity index (χ2v) is 5.95. The van der Waals surface area contributed by atoms with E-state index in [1.54, 1.807) is 0 Å². The van der Waals surface area contributed by atoms with Crippen LogP contribution in [0.3, 0.4) is 0 Å². The standard InChI is InChI=1S/C14H18BrNO2/c1-10-9-11(3-4-12(10)15)13(17)16-14(2)5-7-18-8-6-14/h3-4,9H,5-8H2,1-2H3,(H,16,17). The summed E-state index contributed by atoms with van der Waals surface area (Å²) in [6, 6.07) is 5.66. The summed E-state index contributed by atoms with van der Waals surface area (Å²) >= 11 is 3.44. The van der Waals surface area contributed by atoms with Crippen LogP contribution in [0, 0.1) is 6.92 Å². The number of rotatable bonds is 2. The van der Waals surface area contributed by atoms with Gasteiger partial charge in [-0.2, -0.15) is 0 Å². The molecule has 98 valence electrons. The van der Waals surface area contributed by atoms with Crippen LogP contribution in [-0.2, 0) is 4.74 Å². The molecule has 1 fully saturated rings. The molecule has 4 heteroatoms. The van der Waals surface area contributed by atoms with Crippen molar-refractivity contribution in [1.29, 1.82) is 0 Å². The molecule has 1 aliphatic heterocycles. The highest BCUT2D eigenvalue weighted by Crippen LogP contribution is 2.21. The molecule has 0 unspecified atom stereocenters. The van der Waals surface area contributed by atoms with Gasteiger partial charge in [0.15, 0.2) is 0 Å². The smallest absolute Gasteiger partial charge is 0.251 e. The van der Waals surface area contributed by atoms with Crippen molar-refractivity contribution in [2.24, 2.45) is 0 Å². The summed E-state index contributed by atoms with van der Waals surface area (Å²) in [4.78, 5) is 12.2. The zero-order valence-electron chi connectivity index (χ0n) is 10.8. The molecular formula is C14H18BrNO2. The van der Waals surface area contributed by atoms with E-state index in [0.29, 0.717) is 5.56 Å². The van der Waals surface area contributed by atoms with Gasteiger partial charge in [0, 0.05) is 28.8 Å². The molecule has 1 N–H and O–H groups in total. The molecule has 0 aromatic heterocycles. The maximum absolute atomic E-state index is 12.2. The van der Waals surface area contributed by atoms with Crippen molar-refractivity contribution < 1.29 is 9.53 Å². The van der Waals surface area contributed by atoms with Gasteiger partial charge in [-0.3, -0.25) is 4.79 Å². The number of hydrogen-bond acceptors (Lipinski definition) is 2. The second kappa shape index (κ2) is 5.41. The number of benzene rings is 1. The van der Waals surface area contributed by atoms with Crippen LogP contribution < -0.4 is 5.32 Å². The maximum Gasteiger partial charge on any atom is 0.251 e. The lowest BCUT2D eigenvalue weighted by Crippen LogP contribution is -2.49. The van der Waals surface area contributed by atoms with Crippen LogP contribution in [0.2, 0.25) is 0 Å². The predicted octanol–water partition coefficient (Wildman–Crippen LogP) is 3.06. The minimum absolute atomic E-state index is 0.00463. The molecule has 1 heterocycles. The van der Waals surface area contributed by atoms with Gasteiger partial charge >= 0.3 is 0 Å². The van der Waals surface area contributed by atoms with Crippen molar-refractivity contribution in [2.75, 3.05) is 13.2 Å². The van der Waals surface area contributed by atoms with Gasteiger partial charge in [-0.1, -0.05) is 15.9 Å². The number of amides is 1. The van der Waals surface area contributed by atoms with Crippen molar-refractivity contribution in [3.8, 4) is 0 Å². The lowest BCUT2D eigenvalue weighted by molar-refractivity contribution is 0.0423.